The molecule has 0 spiro atoms. The first kappa shape index (κ1) is 16.5. The van der Waals surface area contributed by atoms with Gasteiger partial charge in [0, 0.05) is 27.9 Å². The van der Waals surface area contributed by atoms with Crippen LogP contribution in [0.25, 0.3) is 22.6 Å². The van der Waals surface area contributed by atoms with Crippen LogP contribution in [0.4, 0.5) is 4.39 Å². The third kappa shape index (κ3) is 3.39. The molecule has 0 amide bonds. The Morgan fingerprint density at radius 2 is 2.00 bits per heavy atom. The smallest absolute Gasteiger partial charge is 0.178 e. The fourth-order valence-electron chi connectivity index (χ4n) is 2.59. The monoisotopic (exact) mass is 413 g/mol. The number of pyridine rings is 1. The van der Waals surface area contributed by atoms with Crippen LogP contribution in [0, 0.1) is 5.82 Å². The van der Waals surface area contributed by atoms with Gasteiger partial charge in [0.25, 0.3) is 0 Å². The second kappa shape index (κ2) is 6.76. The molecule has 130 valence electrons. The number of phenolic OH excluding ortho intramolecular Hbond substituents is 1. The average Bonchev–Trinajstić information content (AvgIpc) is 3.04. The van der Waals surface area contributed by atoms with Crippen LogP contribution in [-0.4, -0.2) is 20.1 Å². The highest BCUT2D eigenvalue weighted by Crippen LogP contribution is 2.29. The summed E-state index contributed by atoms with van der Waals surface area (Å²) in [4.78, 5) is 11.8. The maximum atomic E-state index is 13.7. The van der Waals surface area contributed by atoms with E-state index in [0.29, 0.717) is 28.3 Å². The van der Waals surface area contributed by atoms with Gasteiger partial charge in [0.05, 0.1) is 5.52 Å². The van der Waals surface area contributed by atoms with Gasteiger partial charge in [0.2, 0.25) is 0 Å². The molecule has 2 aromatic heterocycles. The molecule has 0 atom stereocenters. The Labute approximate surface area is 156 Å². The van der Waals surface area contributed by atoms with Crippen LogP contribution in [0.3, 0.4) is 0 Å². The lowest BCUT2D eigenvalue weighted by molar-refractivity contribution is 0.298. The topological polar surface area (TPSA) is 71.0 Å². The summed E-state index contributed by atoms with van der Waals surface area (Å²) in [6.07, 6.45) is 1.67. The molecule has 0 saturated carbocycles. The second-order valence-electron chi connectivity index (χ2n) is 5.71. The Kier molecular flexibility index (Phi) is 4.30. The number of nitrogens with one attached hydrogen (secondary N) is 1. The molecule has 0 bridgehead atoms. The minimum Gasteiger partial charge on any atom is -0.508 e. The van der Waals surface area contributed by atoms with Gasteiger partial charge in [-0.3, -0.25) is 0 Å². The molecular weight excluding hydrogens is 401 g/mol. The highest BCUT2D eigenvalue weighted by molar-refractivity contribution is 9.10. The summed E-state index contributed by atoms with van der Waals surface area (Å²) in [5.74, 6) is 0.664. The van der Waals surface area contributed by atoms with Gasteiger partial charge < -0.3 is 14.8 Å². The molecule has 2 heterocycles. The van der Waals surface area contributed by atoms with Crippen LogP contribution in [-0.2, 0) is 6.61 Å². The normalized spacial score (nSPS) is 11.0. The summed E-state index contributed by atoms with van der Waals surface area (Å²) < 4.78 is 20.2. The van der Waals surface area contributed by atoms with E-state index in [4.69, 9.17) is 4.74 Å². The number of nitrogens with zero attached hydrogens (tertiary/aromatic N) is 2. The molecule has 0 radical (unpaired) electrons. The summed E-state index contributed by atoms with van der Waals surface area (Å²) in [7, 11) is 0. The van der Waals surface area contributed by atoms with E-state index in [1.807, 2.05) is 6.07 Å². The van der Waals surface area contributed by atoms with Crippen molar-refractivity contribution in [2.75, 3.05) is 0 Å². The lowest BCUT2D eigenvalue weighted by Gasteiger charge is -2.09. The molecule has 0 aliphatic rings. The Morgan fingerprint density at radius 1 is 1.15 bits per heavy atom. The predicted octanol–water partition coefficient (Wildman–Crippen LogP) is 4.81. The van der Waals surface area contributed by atoms with Gasteiger partial charge in [0.1, 0.15) is 29.7 Å². The first-order chi connectivity index (χ1) is 12.6. The number of aromatic nitrogens is 3. The molecular formula is C19H13BrFN3O2. The standard InChI is InChI=1S/C19H13BrFN3O2/c20-13-7-17-19(22-9-13)24-18(23-17)12-5-14(25)8-15(6-12)26-10-11-3-1-2-4-16(11)21/h1-9,25H,10H2,(H,22,23,24). The fraction of sp³-hybridized carbons (Fsp3) is 0.0526. The Bertz CT molecular complexity index is 1100. The summed E-state index contributed by atoms with van der Waals surface area (Å²) in [6.45, 7) is 0.0597. The number of ether oxygens (including phenoxy) is 1. The fourth-order valence-corrected chi connectivity index (χ4v) is 2.92. The van der Waals surface area contributed by atoms with E-state index in [-0.39, 0.29) is 18.2 Å². The molecule has 26 heavy (non-hydrogen) atoms. The SMILES string of the molecule is Oc1cc(OCc2ccccc2F)cc(-c2nc3ncc(Br)cc3[nH]2)c1. The number of aromatic hydroxyl groups is 1. The van der Waals surface area contributed by atoms with Crippen molar-refractivity contribution in [3.63, 3.8) is 0 Å². The van der Waals surface area contributed by atoms with Crippen molar-refractivity contribution in [1.29, 1.82) is 0 Å². The Balaban J connectivity index is 1.64. The van der Waals surface area contributed by atoms with E-state index >= 15 is 0 Å². The largest absolute Gasteiger partial charge is 0.508 e. The van der Waals surface area contributed by atoms with E-state index in [1.165, 1.54) is 12.1 Å². The van der Waals surface area contributed by atoms with E-state index < -0.39 is 0 Å². The maximum Gasteiger partial charge on any atom is 0.178 e. The Morgan fingerprint density at radius 3 is 2.85 bits per heavy atom. The van der Waals surface area contributed by atoms with E-state index in [1.54, 1.807) is 36.5 Å². The first-order valence-corrected chi connectivity index (χ1v) is 8.60. The van der Waals surface area contributed by atoms with Gasteiger partial charge in [-0.15, -0.1) is 0 Å². The van der Waals surface area contributed by atoms with Gasteiger partial charge in [-0.2, -0.15) is 0 Å². The molecule has 0 aliphatic heterocycles. The van der Waals surface area contributed by atoms with Crippen molar-refractivity contribution >= 4 is 27.1 Å². The highest BCUT2D eigenvalue weighted by Gasteiger charge is 2.10. The van der Waals surface area contributed by atoms with Crippen LogP contribution >= 0.6 is 15.9 Å². The summed E-state index contributed by atoms with van der Waals surface area (Å²) in [5, 5.41) is 10.0. The number of imidazole rings is 1. The zero-order valence-corrected chi connectivity index (χ0v) is 15.0. The quantitative estimate of drug-likeness (QED) is 0.503. The highest BCUT2D eigenvalue weighted by atomic mass is 79.9. The van der Waals surface area contributed by atoms with E-state index in [2.05, 4.69) is 30.9 Å². The van der Waals surface area contributed by atoms with Crippen molar-refractivity contribution < 1.29 is 14.2 Å². The average molecular weight is 414 g/mol. The maximum absolute atomic E-state index is 13.7. The molecule has 0 fully saturated rings. The van der Waals surface area contributed by atoms with Gasteiger partial charge in [-0.1, -0.05) is 18.2 Å². The Hall–Kier alpha value is -2.93. The minimum atomic E-state index is -0.332. The molecule has 0 saturated heterocycles. The molecule has 2 N–H and O–H groups in total. The van der Waals surface area contributed by atoms with Crippen LogP contribution in [0.1, 0.15) is 5.56 Å². The van der Waals surface area contributed by atoms with Gasteiger partial charge in [-0.05, 0) is 40.2 Å². The number of hydrogen-bond donors (Lipinski definition) is 2. The lowest BCUT2D eigenvalue weighted by Crippen LogP contribution is -1.98. The number of aromatic amines is 1. The molecule has 0 unspecified atom stereocenters. The van der Waals surface area contributed by atoms with E-state index in [0.717, 1.165) is 9.99 Å². The van der Waals surface area contributed by atoms with Gasteiger partial charge in [-0.25, -0.2) is 14.4 Å². The van der Waals surface area contributed by atoms with Crippen molar-refractivity contribution in [1.82, 2.24) is 15.0 Å². The molecule has 4 rings (SSSR count). The van der Waals surface area contributed by atoms with Gasteiger partial charge >= 0.3 is 0 Å². The third-order valence-electron chi connectivity index (χ3n) is 3.82. The molecule has 5 nitrogen and oxygen atoms in total. The lowest BCUT2D eigenvalue weighted by atomic mass is 10.2. The summed E-state index contributed by atoms with van der Waals surface area (Å²) in [5.41, 5.74) is 2.42. The number of benzene rings is 2. The van der Waals surface area contributed by atoms with Crippen LogP contribution < -0.4 is 4.74 Å². The second-order valence-corrected chi connectivity index (χ2v) is 6.62. The first-order valence-electron chi connectivity index (χ1n) is 7.80. The molecule has 4 aromatic rings. The van der Waals surface area contributed by atoms with Crippen molar-refractivity contribution in [3.05, 3.63) is 70.6 Å². The molecule has 0 aliphatic carbocycles. The number of hydrogen-bond acceptors (Lipinski definition) is 4. The number of rotatable bonds is 4. The summed E-state index contributed by atoms with van der Waals surface area (Å²) in [6, 6.07) is 13.1. The van der Waals surface area contributed by atoms with Crippen molar-refractivity contribution in [2.45, 2.75) is 6.61 Å². The molecule has 2 aromatic carbocycles. The number of phenols is 1. The van der Waals surface area contributed by atoms with E-state index in [9.17, 15) is 9.50 Å². The number of halogens is 2. The number of H-pyrrole nitrogens is 1. The zero-order valence-electron chi connectivity index (χ0n) is 13.4. The van der Waals surface area contributed by atoms with Crippen LogP contribution in [0.2, 0.25) is 0 Å². The summed E-state index contributed by atoms with van der Waals surface area (Å²) >= 11 is 3.37. The van der Waals surface area contributed by atoms with Gasteiger partial charge in [0.15, 0.2) is 5.65 Å². The third-order valence-corrected chi connectivity index (χ3v) is 4.25. The number of fused-ring (bicyclic) bond motifs is 1. The zero-order chi connectivity index (χ0) is 18.1. The van der Waals surface area contributed by atoms with Crippen molar-refractivity contribution in [2.24, 2.45) is 0 Å². The van der Waals surface area contributed by atoms with Crippen LogP contribution in [0.15, 0.2) is 59.2 Å². The molecule has 7 heteroatoms. The van der Waals surface area contributed by atoms with Crippen molar-refractivity contribution in [3.8, 4) is 22.9 Å². The predicted molar refractivity (Wildman–Crippen MR) is 99.4 cm³/mol. The van der Waals surface area contributed by atoms with Crippen LogP contribution in [0.5, 0.6) is 11.5 Å². The minimum absolute atomic E-state index is 0.0284.